The molecule has 118 valence electrons. The maximum absolute atomic E-state index is 6.22. The maximum Gasteiger partial charge on any atom is 0.225 e. The molecular formula is C15H16ClN7. The van der Waals surface area contributed by atoms with Gasteiger partial charge in [0.1, 0.15) is 11.6 Å². The van der Waals surface area contributed by atoms with Crippen LogP contribution in [0, 0.1) is 0 Å². The third-order valence-corrected chi connectivity index (χ3v) is 3.91. The molecule has 0 saturated heterocycles. The molecule has 0 aliphatic carbocycles. The summed E-state index contributed by atoms with van der Waals surface area (Å²) in [6, 6.07) is 7.67. The summed E-state index contributed by atoms with van der Waals surface area (Å²) in [5.74, 6) is 1.23. The van der Waals surface area contributed by atoms with Crippen molar-refractivity contribution in [1.29, 1.82) is 0 Å². The third kappa shape index (κ3) is 2.83. The van der Waals surface area contributed by atoms with E-state index in [1.807, 2.05) is 31.2 Å². The Balaban J connectivity index is 2.17. The lowest BCUT2D eigenvalue weighted by atomic mass is 9.99. The van der Waals surface area contributed by atoms with Crippen LogP contribution in [0.1, 0.15) is 24.2 Å². The molecule has 0 aliphatic rings. The van der Waals surface area contributed by atoms with Crippen LogP contribution in [-0.4, -0.2) is 27.0 Å². The summed E-state index contributed by atoms with van der Waals surface area (Å²) < 4.78 is 0. The van der Waals surface area contributed by atoms with Gasteiger partial charge in [-0.05, 0) is 12.1 Å². The molecule has 0 spiro atoms. The number of benzene rings is 1. The van der Waals surface area contributed by atoms with Crippen molar-refractivity contribution in [1.82, 2.24) is 19.9 Å². The van der Waals surface area contributed by atoms with Gasteiger partial charge in [0.05, 0.1) is 10.5 Å². The van der Waals surface area contributed by atoms with Gasteiger partial charge in [0, 0.05) is 23.9 Å². The SMILES string of the molecule is CNc1nc2c(Cl)cccc2cc1C(C)c1nc(N)nc(N)n1. The Morgan fingerprint density at radius 1 is 1.09 bits per heavy atom. The molecule has 1 atom stereocenters. The lowest BCUT2D eigenvalue weighted by Crippen LogP contribution is -2.11. The Hall–Kier alpha value is -2.67. The van der Waals surface area contributed by atoms with E-state index in [9.17, 15) is 0 Å². The van der Waals surface area contributed by atoms with E-state index in [-0.39, 0.29) is 17.8 Å². The van der Waals surface area contributed by atoms with Crippen molar-refractivity contribution in [2.75, 3.05) is 23.8 Å². The minimum atomic E-state index is -0.166. The number of rotatable bonds is 3. The second-order valence-corrected chi connectivity index (χ2v) is 5.53. The third-order valence-electron chi connectivity index (χ3n) is 3.60. The second kappa shape index (κ2) is 5.85. The molecule has 0 saturated carbocycles. The van der Waals surface area contributed by atoms with Gasteiger partial charge in [0.25, 0.3) is 0 Å². The number of aromatic nitrogens is 4. The van der Waals surface area contributed by atoms with Crippen LogP contribution in [0.3, 0.4) is 0 Å². The summed E-state index contributed by atoms with van der Waals surface area (Å²) in [5, 5.41) is 4.63. The second-order valence-electron chi connectivity index (χ2n) is 5.12. The predicted molar refractivity (Wildman–Crippen MR) is 92.5 cm³/mol. The van der Waals surface area contributed by atoms with Crippen molar-refractivity contribution in [2.24, 2.45) is 0 Å². The number of hydrogen-bond acceptors (Lipinski definition) is 7. The summed E-state index contributed by atoms with van der Waals surface area (Å²) in [6.45, 7) is 1.96. The number of halogens is 1. The minimum Gasteiger partial charge on any atom is -0.373 e. The highest BCUT2D eigenvalue weighted by Gasteiger charge is 2.19. The Bertz CT molecular complexity index is 861. The average Bonchev–Trinajstić information content (AvgIpc) is 2.52. The zero-order valence-electron chi connectivity index (χ0n) is 12.7. The van der Waals surface area contributed by atoms with E-state index in [0.29, 0.717) is 16.7 Å². The molecule has 0 fully saturated rings. The topological polar surface area (TPSA) is 116 Å². The van der Waals surface area contributed by atoms with Gasteiger partial charge in [-0.25, -0.2) is 4.98 Å². The fourth-order valence-electron chi connectivity index (χ4n) is 2.47. The Labute approximate surface area is 138 Å². The van der Waals surface area contributed by atoms with E-state index in [0.717, 1.165) is 16.5 Å². The van der Waals surface area contributed by atoms with E-state index < -0.39 is 0 Å². The van der Waals surface area contributed by atoms with Crippen molar-refractivity contribution in [3.05, 3.63) is 40.7 Å². The Kier molecular flexibility index (Phi) is 3.87. The van der Waals surface area contributed by atoms with Crippen LogP contribution in [0.25, 0.3) is 10.9 Å². The summed E-state index contributed by atoms with van der Waals surface area (Å²) in [6.07, 6.45) is 0. The first-order chi connectivity index (χ1) is 11.0. The van der Waals surface area contributed by atoms with Crippen LogP contribution in [-0.2, 0) is 0 Å². The van der Waals surface area contributed by atoms with Crippen LogP contribution in [0.2, 0.25) is 5.02 Å². The van der Waals surface area contributed by atoms with E-state index in [2.05, 4.69) is 25.3 Å². The maximum atomic E-state index is 6.22. The lowest BCUT2D eigenvalue weighted by molar-refractivity contribution is 0.806. The number of para-hydroxylation sites is 1. The summed E-state index contributed by atoms with van der Waals surface area (Å²) >= 11 is 6.22. The zero-order chi connectivity index (χ0) is 16.6. The number of anilines is 3. The Morgan fingerprint density at radius 2 is 1.78 bits per heavy atom. The molecule has 0 radical (unpaired) electrons. The van der Waals surface area contributed by atoms with Gasteiger partial charge >= 0.3 is 0 Å². The van der Waals surface area contributed by atoms with Gasteiger partial charge in [-0.2, -0.15) is 15.0 Å². The molecule has 0 bridgehead atoms. The van der Waals surface area contributed by atoms with Gasteiger partial charge in [-0.15, -0.1) is 0 Å². The largest absolute Gasteiger partial charge is 0.373 e. The molecular weight excluding hydrogens is 314 g/mol. The van der Waals surface area contributed by atoms with Crippen LogP contribution in [0.4, 0.5) is 17.7 Å². The molecule has 23 heavy (non-hydrogen) atoms. The van der Waals surface area contributed by atoms with E-state index in [1.54, 1.807) is 7.05 Å². The van der Waals surface area contributed by atoms with Gasteiger partial charge in [0.15, 0.2) is 0 Å². The van der Waals surface area contributed by atoms with Crippen LogP contribution < -0.4 is 16.8 Å². The molecule has 1 unspecified atom stereocenters. The fraction of sp³-hybridized carbons (Fsp3) is 0.200. The number of nitrogens with zero attached hydrogens (tertiary/aromatic N) is 4. The summed E-state index contributed by atoms with van der Waals surface area (Å²) in [7, 11) is 1.80. The van der Waals surface area contributed by atoms with Crippen LogP contribution in [0.15, 0.2) is 24.3 Å². The van der Waals surface area contributed by atoms with Crippen molar-refractivity contribution < 1.29 is 0 Å². The quantitative estimate of drug-likeness (QED) is 0.675. The van der Waals surface area contributed by atoms with Crippen molar-refractivity contribution in [2.45, 2.75) is 12.8 Å². The predicted octanol–water partition coefficient (Wildman–Crippen LogP) is 2.43. The number of hydrogen-bond donors (Lipinski definition) is 3. The standard InChI is InChI=1S/C15H16ClN7/c1-7(12-21-14(17)23-15(18)22-12)9-6-8-4-3-5-10(16)11(8)20-13(9)19-2/h3-7H,1-2H3,(H,19,20)(H4,17,18,21,22,23). The van der Waals surface area contributed by atoms with Crippen LogP contribution in [0.5, 0.6) is 0 Å². The highest BCUT2D eigenvalue weighted by atomic mass is 35.5. The number of nitrogens with two attached hydrogens (primary N) is 2. The number of nitrogen functional groups attached to an aromatic ring is 2. The zero-order valence-corrected chi connectivity index (χ0v) is 13.5. The molecule has 7 nitrogen and oxygen atoms in total. The summed E-state index contributed by atoms with van der Waals surface area (Å²) in [5.41, 5.74) is 13.0. The average molecular weight is 330 g/mol. The highest BCUT2D eigenvalue weighted by Crippen LogP contribution is 2.32. The molecule has 5 N–H and O–H groups in total. The molecule has 3 aromatic rings. The van der Waals surface area contributed by atoms with Crippen LogP contribution >= 0.6 is 11.6 Å². The Morgan fingerprint density at radius 3 is 2.43 bits per heavy atom. The van der Waals surface area contributed by atoms with Crippen molar-refractivity contribution >= 4 is 40.2 Å². The molecule has 0 amide bonds. The molecule has 2 heterocycles. The molecule has 8 heteroatoms. The van der Waals surface area contributed by atoms with Gasteiger partial charge in [-0.3, -0.25) is 0 Å². The number of pyridine rings is 1. The highest BCUT2D eigenvalue weighted by molar-refractivity contribution is 6.35. The van der Waals surface area contributed by atoms with E-state index >= 15 is 0 Å². The van der Waals surface area contributed by atoms with E-state index in [1.165, 1.54) is 0 Å². The van der Waals surface area contributed by atoms with Crippen molar-refractivity contribution in [3.63, 3.8) is 0 Å². The van der Waals surface area contributed by atoms with Gasteiger partial charge < -0.3 is 16.8 Å². The first kappa shape index (κ1) is 15.2. The first-order valence-electron chi connectivity index (χ1n) is 7.03. The summed E-state index contributed by atoms with van der Waals surface area (Å²) in [4.78, 5) is 16.8. The molecule has 0 aliphatic heterocycles. The smallest absolute Gasteiger partial charge is 0.225 e. The molecule has 3 rings (SSSR count). The fourth-order valence-corrected chi connectivity index (χ4v) is 2.69. The lowest BCUT2D eigenvalue weighted by Gasteiger charge is -2.16. The van der Waals surface area contributed by atoms with Gasteiger partial charge in [-0.1, -0.05) is 30.7 Å². The van der Waals surface area contributed by atoms with Gasteiger partial charge in [0.2, 0.25) is 11.9 Å². The minimum absolute atomic E-state index is 0.0992. The normalized spacial score (nSPS) is 12.3. The monoisotopic (exact) mass is 329 g/mol. The van der Waals surface area contributed by atoms with Crippen molar-refractivity contribution in [3.8, 4) is 0 Å². The first-order valence-corrected chi connectivity index (χ1v) is 7.41. The molecule has 2 aromatic heterocycles. The number of fused-ring (bicyclic) bond motifs is 1. The number of nitrogens with one attached hydrogen (secondary N) is 1. The molecule has 1 aromatic carbocycles. The van der Waals surface area contributed by atoms with E-state index in [4.69, 9.17) is 23.1 Å².